The molecule has 0 aliphatic heterocycles. The molecule has 0 fully saturated rings. The average molecular weight is 223 g/mol. The van der Waals surface area contributed by atoms with Crippen molar-refractivity contribution in [3.05, 3.63) is 29.8 Å². The smallest absolute Gasteiger partial charge is 0.118 e. The Morgan fingerprint density at radius 2 is 1.75 bits per heavy atom. The molecule has 0 saturated heterocycles. The highest BCUT2D eigenvalue weighted by molar-refractivity contribution is 5.28. The monoisotopic (exact) mass is 223 g/mol. The standard InChI is InChI=1S/C13H21NO2/c1-10(2)9-16-14-11(3)12-5-7-13(15-4)8-6-12/h5-8,10-11,14H,9H2,1-4H3. The molecule has 1 rings (SSSR count). The lowest BCUT2D eigenvalue weighted by Crippen LogP contribution is -2.21. The van der Waals surface area contributed by atoms with Gasteiger partial charge in [-0.2, -0.15) is 5.48 Å². The molecule has 0 radical (unpaired) electrons. The van der Waals surface area contributed by atoms with Crippen molar-refractivity contribution in [3.63, 3.8) is 0 Å². The number of hydrogen-bond acceptors (Lipinski definition) is 3. The van der Waals surface area contributed by atoms with Crippen LogP contribution in [0.4, 0.5) is 0 Å². The lowest BCUT2D eigenvalue weighted by Gasteiger charge is -2.15. The molecule has 0 heterocycles. The van der Waals surface area contributed by atoms with E-state index in [9.17, 15) is 0 Å². The van der Waals surface area contributed by atoms with Crippen molar-refractivity contribution in [2.24, 2.45) is 5.92 Å². The summed E-state index contributed by atoms with van der Waals surface area (Å²) < 4.78 is 5.11. The van der Waals surface area contributed by atoms with E-state index in [0.717, 1.165) is 12.4 Å². The number of benzene rings is 1. The second-order valence-electron chi connectivity index (χ2n) is 4.32. The number of nitrogens with one attached hydrogen (secondary N) is 1. The molecule has 0 aromatic heterocycles. The van der Waals surface area contributed by atoms with Crippen molar-refractivity contribution in [3.8, 4) is 5.75 Å². The average Bonchev–Trinajstić information content (AvgIpc) is 2.28. The SMILES string of the molecule is COc1ccc(C(C)NOCC(C)C)cc1. The summed E-state index contributed by atoms with van der Waals surface area (Å²) in [6.07, 6.45) is 0. The third kappa shape index (κ3) is 4.21. The second-order valence-corrected chi connectivity index (χ2v) is 4.32. The van der Waals surface area contributed by atoms with Gasteiger partial charge in [0.15, 0.2) is 0 Å². The number of methoxy groups -OCH3 is 1. The normalized spacial score (nSPS) is 12.8. The van der Waals surface area contributed by atoms with Crippen LogP contribution in [-0.2, 0) is 4.84 Å². The van der Waals surface area contributed by atoms with E-state index in [1.54, 1.807) is 7.11 Å². The Balaban J connectivity index is 2.43. The van der Waals surface area contributed by atoms with Crippen molar-refractivity contribution in [2.75, 3.05) is 13.7 Å². The van der Waals surface area contributed by atoms with Crippen molar-refractivity contribution in [2.45, 2.75) is 26.8 Å². The maximum atomic E-state index is 5.39. The fourth-order valence-corrected chi connectivity index (χ4v) is 1.30. The molecule has 16 heavy (non-hydrogen) atoms. The molecule has 0 bridgehead atoms. The summed E-state index contributed by atoms with van der Waals surface area (Å²) >= 11 is 0. The van der Waals surface area contributed by atoms with E-state index in [1.165, 1.54) is 5.56 Å². The summed E-state index contributed by atoms with van der Waals surface area (Å²) in [5.41, 5.74) is 4.21. The van der Waals surface area contributed by atoms with Gasteiger partial charge in [0, 0.05) is 0 Å². The summed E-state index contributed by atoms with van der Waals surface area (Å²) in [7, 11) is 1.67. The molecule has 3 nitrogen and oxygen atoms in total. The molecule has 1 aromatic carbocycles. The van der Waals surface area contributed by atoms with Gasteiger partial charge in [-0.1, -0.05) is 26.0 Å². The predicted molar refractivity (Wildman–Crippen MR) is 65.3 cm³/mol. The highest BCUT2D eigenvalue weighted by Crippen LogP contribution is 2.17. The Kier molecular flexibility index (Phi) is 5.29. The Morgan fingerprint density at radius 3 is 2.25 bits per heavy atom. The van der Waals surface area contributed by atoms with Gasteiger partial charge >= 0.3 is 0 Å². The lowest BCUT2D eigenvalue weighted by atomic mass is 10.1. The number of rotatable bonds is 6. The van der Waals surface area contributed by atoms with Crippen LogP contribution in [0.1, 0.15) is 32.4 Å². The summed E-state index contributed by atoms with van der Waals surface area (Å²) in [5, 5.41) is 0. The predicted octanol–water partition coefficient (Wildman–Crippen LogP) is 2.93. The van der Waals surface area contributed by atoms with E-state index in [-0.39, 0.29) is 6.04 Å². The zero-order chi connectivity index (χ0) is 12.0. The molecule has 1 N–H and O–H groups in total. The zero-order valence-electron chi connectivity index (χ0n) is 10.5. The fourth-order valence-electron chi connectivity index (χ4n) is 1.30. The van der Waals surface area contributed by atoms with Gasteiger partial charge in [0.1, 0.15) is 5.75 Å². The Hall–Kier alpha value is -1.06. The first-order valence-corrected chi connectivity index (χ1v) is 5.64. The molecule has 90 valence electrons. The molecular weight excluding hydrogens is 202 g/mol. The van der Waals surface area contributed by atoms with Gasteiger partial charge in [0.05, 0.1) is 19.8 Å². The highest BCUT2D eigenvalue weighted by Gasteiger charge is 2.05. The third-order valence-electron chi connectivity index (χ3n) is 2.29. The molecule has 1 aromatic rings. The van der Waals surface area contributed by atoms with Crippen molar-refractivity contribution >= 4 is 0 Å². The topological polar surface area (TPSA) is 30.5 Å². The van der Waals surface area contributed by atoms with E-state index >= 15 is 0 Å². The van der Waals surface area contributed by atoms with Gasteiger partial charge in [-0.3, -0.25) is 0 Å². The Morgan fingerprint density at radius 1 is 1.12 bits per heavy atom. The molecule has 1 unspecified atom stereocenters. The van der Waals surface area contributed by atoms with Crippen LogP contribution in [0.2, 0.25) is 0 Å². The molecule has 0 aliphatic carbocycles. The van der Waals surface area contributed by atoms with Gasteiger partial charge in [-0.15, -0.1) is 0 Å². The minimum atomic E-state index is 0.185. The number of hydrogen-bond donors (Lipinski definition) is 1. The van der Waals surface area contributed by atoms with Crippen molar-refractivity contribution in [1.82, 2.24) is 5.48 Å². The van der Waals surface area contributed by atoms with Crippen LogP contribution in [0.5, 0.6) is 5.75 Å². The molecule has 0 saturated carbocycles. The number of ether oxygens (including phenoxy) is 1. The molecular formula is C13H21NO2. The van der Waals surface area contributed by atoms with Gasteiger partial charge < -0.3 is 9.57 Å². The molecule has 0 spiro atoms. The highest BCUT2D eigenvalue weighted by atomic mass is 16.6. The largest absolute Gasteiger partial charge is 0.497 e. The second kappa shape index (κ2) is 6.51. The molecule has 1 atom stereocenters. The van der Waals surface area contributed by atoms with E-state index in [1.807, 2.05) is 24.3 Å². The van der Waals surface area contributed by atoms with Crippen LogP contribution >= 0.6 is 0 Å². The van der Waals surface area contributed by atoms with E-state index < -0.39 is 0 Å². The summed E-state index contributed by atoms with van der Waals surface area (Å²) in [4.78, 5) is 5.39. The Labute approximate surface area is 97.7 Å². The van der Waals surface area contributed by atoms with Gasteiger partial charge in [-0.05, 0) is 30.5 Å². The van der Waals surface area contributed by atoms with Crippen LogP contribution in [-0.4, -0.2) is 13.7 Å². The molecule has 3 heteroatoms. The first kappa shape index (κ1) is 13.0. The summed E-state index contributed by atoms with van der Waals surface area (Å²) in [6.45, 7) is 7.04. The lowest BCUT2D eigenvalue weighted by molar-refractivity contribution is 0.00408. The van der Waals surface area contributed by atoms with Crippen LogP contribution in [0, 0.1) is 5.92 Å². The molecule has 0 amide bonds. The van der Waals surface area contributed by atoms with Crippen LogP contribution in [0.15, 0.2) is 24.3 Å². The van der Waals surface area contributed by atoms with Gasteiger partial charge in [0.2, 0.25) is 0 Å². The fraction of sp³-hybridized carbons (Fsp3) is 0.538. The van der Waals surface area contributed by atoms with Crippen molar-refractivity contribution < 1.29 is 9.57 Å². The van der Waals surface area contributed by atoms with Crippen LogP contribution in [0.25, 0.3) is 0 Å². The quantitative estimate of drug-likeness (QED) is 0.752. The van der Waals surface area contributed by atoms with E-state index in [0.29, 0.717) is 5.92 Å². The van der Waals surface area contributed by atoms with Crippen molar-refractivity contribution in [1.29, 1.82) is 0 Å². The zero-order valence-corrected chi connectivity index (χ0v) is 10.5. The first-order valence-electron chi connectivity index (χ1n) is 5.64. The van der Waals surface area contributed by atoms with Gasteiger partial charge in [0.25, 0.3) is 0 Å². The summed E-state index contributed by atoms with van der Waals surface area (Å²) in [6, 6.07) is 8.17. The van der Waals surface area contributed by atoms with Crippen LogP contribution in [0.3, 0.4) is 0 Å². The third-order valence-corrected chi connectivity index (χ3v) is 2.29. The Bertz CT molecular complexity index is 295. The number of hydroxylamine groups is 1. The van der Waals surface area contributed by atoms with Crippen LogP contribution < -0.4 is 10.2 Å². The van der Waals surface area contributed by atoms with Gasteiger partial charge in [-0.25, -0.2) is 0 Å². The first-order chi connectivity index (χ1) is 7.63. The minimum Gasteiger partial charge on any atom is -0.497 e. The maximum Gasteiger partial charge on any atom is 0.118 e. The maximum absolute atomic E-state index is 5.39. The molecule has 0 aliphatic rings. The minimum absolute atomic E-state index is 0.185. The summed E-state index contributed by atoms with van der Waals surface area (Å²) in [5.74, 6) is 1.41. The van der Waals surface area contributed by atoms with E-state index in [2.05, 4.69) is 26.3 Å². The van der Waals surface area contributed by atoms with E-state index in [4.69, 9.17) is 9.57 Å².